The monoisotopic (exact) mass is 232 g/mol. The molecule has 2 nitrogen and oxygen atoms in total. The maximum absolute atomic E-state index is 8.05. The number of hydrogen-bond donors (Lipinski definition) is 1. The van der Waals surface area contributed by atoms with E-state index in [1.807, 2.05) is 11.9 Å². The summed E-state index contributed by atoms with van der Waals surface area (Å²) in [4.78, 5) is 2.00. The smallest absolute Gasteiger partial charge is 0.0999 e. The number of amidine groups is 1. The second-order valence-electron chi connectivity index (χ2n) is 4.63. The van der Waals surface area contributed by atoms with Gasteiger partial charge in [-0.25, -0.2) is 0 Å². The molecule has 0 aromatic rings. The van der Waals surface area contributed by atoms with Gasteiger partial charge in [-0.3, -0.25) is 5.41 Å². The molecule has 1 aliphatic rings. The van der Waals surface area contributed by atoms with Crippen LogP contribution in [0.5, 0.6) is 0 Å². The molecule has 1 rings (SSSR count). The molecule has 0 saturated heterocycles. The highest BCUT2D eigenvalue weighted by molar-refractivity contribution is 5.81. The summed E-state index contributed by atoms with van der Waals surface area (Å²) in [7, 11) is 1.99. The van der Waals surface area contributed by atoms with Crippen LogP contribution in [0.1, 0.15) is 46.0 Å². The molecular formula is C15H24N2. The highest BCUT2D eigenvalue weighted by atomic mass is 15.1. The van der Waals surface area contributed by atoms with Crippen molar-refractivity contribution in [2.75, 3.05) is 7.05 Å². The average Bonchev–Trinajstić information content (AvgIpc) is 2.30. The molecule has 0 aromatic heterocycles. The van der Waals surface area contributed by atoms with Gasteiger partial charge in [0.2, 0.25) is 0 Å². The first-order valence-electron chi connectivity index (χ1n) is 6.48. The molecule has 0 radical (unpaired) electrons. The summed E-state index contributed by atoms with van der Waals surface area (Å²) in [5.41, 5.74) is 2.55. The molecule has 17 heavy (non-hydrogen) atoms. The zero-order chi connectivity index (χ0) is 12.7. The van der Waals surface area contributed by atoms with Crippen LogP contribution in [0, 0.1) is 5.41 Å². The molecule has 0 atom stereocenters. The molecule has 0 amide bonds. The molecule has 0 spiro atoms. The Hall–Kier alpha value is -1.31. The fourth-order valence-electron chi connectivity index (χ4n) is 1.79. The van der Waals surface area contributed by atoms with E-state index in [4.69, 9.17) is 5.41 Å². The second kappa shape index (κ2) is 7.10. The van der Waals surface area contributed by atoms with Crippen molar-refractivity contribution in [3.8, 4) is 0 Å². The van der Waals surface area contributed by atoms with Crippen LogP contribution in [0.2, 0.25) is 0 Å². The first-order valence-corrected chi connectivity index (χ1v) is 6.48. The van der Waals surface area contributed by atoms with Crippen LogP contribution in [-0.4, -0.2) is 17.8 Å². The third kappa shape index (κ3) is 4.59. The Bertz CT molecular complexity index is 348. The van der Waals surface area contributed by atoms with Crippen LogP contribution in [-0.2, 0) is 0 Å². The molecule has 0 heterocycles. The van der Waals surface area contributed by atoms with Crippen molar-refractivity contribution in [2.45, 2.75) is 46.0 Å². The van der Waals surface area contributed by atoms with E-state index >= 15 is 0 Å². The Morgan fingerprint density at radius 1 is 1.41 bits per heavy atom. The SMILES string of the molecule is CCCCC(=N)N(C)/C1=C/C/C(C)=C\CC=C1. The lowest BCUT2D eigenvalue weighted by Gasteiger charge is -2.22. The van der Waals surface area contributed by atoms with E-state index in [-0.39, 0.29) is 0 Å². The van der Waals surface area contributed by atoms with E-state index < -0.39 is 0 Å². The number of hydrogen-bond acceptors (Lipinski definition) is 1. The van der Waals surface area contributed by atoms with Gasteiger partial charge in [0.25, 0.3) is 0 Å². The molecule has 0 unspecified atom stereocenters. The Balaban J connectivity index is 2.67. The topological polar surface area (TPSA) is 27.1 Å². The lowest BCUT2D eigenvalue weighted by molar-refractivity contribution is 0.607. The molecule has 0 aliphatic heterocycles. The van der Waals surface area contributed by atoms with Gasteiger partial charge in [0.05, 0.1) is 5.84 Å². The Morgan fingerprint density at radius 3 is 2.88 bits per heavy atom. The van der Waals surface area contributed by atoms with Crippen molar-refractivity contribution in [2.24, 2.45) is 0 Å². The van der Waals surface area contributed by atoms with Crippen molar-refractivity contribution >= 4 is 5.84 Å². The Labute approximate surface area is 105 Å². The number of nitrogens with zero attached hydrogens (tertiary/aromatic N) is 1. The average molecular weight is 232 g/mol. The maximum Gasteiger partial charge on any atom is 0.0999 e. The van der Waals surface area contributed by atoms with E-state index in [0.717, 1.165) is 37.8 Å². The minimum Gasteiger partial charge on any atom is -0.334 e. The van der Waals surface area contributed by atoms with E-state index in [1.165, 1.54) is 5.57 Å². The van der Waals surface area contributed by atoms with Gasteiger partial charge in [0, 0.05) is 19.2 Å². The summed E-state index contributed by atoms with van der Waals surface area (Å²) in [6.45, 7) is 4.33. The summed E-state index contributed by atoms with van der Waals surface area (Å²) < 4.78 is 0. The molecular weight excluding hydrogens is 208 g/mol. The number of likely N-dealkylation sites (N-methyl/N-ethyl adjacent to an activating group) is 1. The van der Waals surface area contributed by atoms with Crippen LogP contribution in [0.15, 0.2) is 35.6 Å². The molecule has 0 saturated carbocycles. The number of allylic oxidation sites excluding steroid dienone is 5. The van der Waals surface area contributed by atoms with Crippen LogP contribution >= 0.6 is 0 Å². The van der Waals surface area contributed by atoms with Crippen molar-refractivity contribution in [3.05, 3.63) is 35.6 Å². The lowest BCUT2D eigenvalue weighted by Crippen LogP contribution is -2.24. The molecule has 0 aromatic carbocycles. The summed E-state index contributed by atoms with van der Waals surface area (Å²) in [6.07, 6.45) is 13.9. The molecule has 0 bridgehead atoms. The van der Waals surface area contributed by atoms with E-state index in [0.29, 0.717) is 5.84 Å². The summed E-state index contributed by atoms with van der Waals surface area (Å²) >= 11 is 0. The summed E-state index contributed by atoms with van der Waals surface area (Å²) in [5.74, 6) is 0.713. The highest BCUT2D eigenvalue weighted by Gasteiger charge is 2.07. The quantitative estimate of drug-likeness (QED) is 0.437. The minimum atomic E-state index is 0.713. The summed E-state index contributed by atoms with van der Waals surface area (Å²) in [6, 6.07) is 0. The van der Waals surface area contributed by atoms with Gasteiger partial charge in [-0.05, 0) is 32.3 Å². The predicted molar refractivity (Wildman–Crippen MR) is 75.2 cm³/mol. The highest BCUT2D eigenvalue weighted by Crippen LogP contribution is 2.15. The number of unbranched alkanes of at least 4 members (excludes halogenated alkanes) is 1. The van der Waals surface area contributed by atoms with Crippen LogP contribution in [0.4, 0.5) is 0 Å². The fourth-order valence-corrected chi connectivity index (χ4v) is 1.79. The predicted octanol–water partition coefficient (Wildman–Crippen LogP) is 4.27. The maximum atomic E-state index is 8.05. The molecule has 2 heteroatoms. The third-order valence-corrected chi connectivity index (χ3v) is 3.08. The van der Waals surface area contributed by atoms with E-state index in [1.54, 1.807) is 0 Å². The van der Waals surface area contributed by atoms with Gasteiger partial charge in [0.15, 0.2) is 0 Å². The van der Waals surface area contributed by atoms with E-state index in [2.05, 4.69) is 38.2 Å². The third-order valence-electron chi connectivity index (χ3n) is 3.08. The first-order chi connectivity index (χ1) is 8.15. The normalized spacial score (nSPS) is 21.8. The van der Waals surface area contributed by atoms with Gasteiger partial charge in [-0.1, -0.05) is 37.1 Å². The second-order valence-corrected chi connectivity index (χ2v) is 4.63. The number of rotatable bonds is 4. The largest absolute Gasteiger partial charge is 0.334 e. The van der Waals surface area contributed by atoms with Gasteiger partial charge in [-0.15, -0.1) is 0 Å². The Kier molecular flexibility index (Phi) is 5.75. The van der Waals surface area contributed by atoms with Crippen LogP contribution in [0.3, 0.4) is 0 Å². The van der Waals surface area contributed by atoms with Gasteiger partial charge >= 0.3 is 0 Å². The zero-order valence-electron chi connectivity index (χ0n) is 11.3. The van der Waals surface area contributed by atoms with Gasteiger partial charge in [-0.2, -0.15) is 0 Å². The molecule has 1 aliphatic carbocycles. The molecule has 1 N–H and O–H groups in total. The van der Waals surface area contributed by atoms with Crippen molar-refractivity contribution in [1.82, 2.24) is 4.90 Å². The summed E-state index contributed by atoms with van der Waals surface area (Å²) in [5, 5.41) is 8.05. The first kappa shape index (κ1) is 13.8. The van der Waals surface area contributed by atoms with Crippen molar-refractivity contribution in [1.29, 1.82) is 5.41 Å². The fraction of sp³-hybridized carbons (Fsp3) is 0.533. The number of nitrogens with one attached hydrogen (secondary N) is 1. The van der Waals surface area contributed by atoms with Crippen molar-refractivity contribution < 1.29 is 0 Å². The zero-order valence-corrected chi connectivity index (χ0v) is 11.3. The molecule has 0 fully saturated rings. The lowest BCUT2D eigenvalue weighted by atomic mass is 10.1. The Morgan fingerprint density at radius 2 is 2.18 bits per heavy atom. The minimum absolute atomic E-state index is 0.713. The van der Waals surface area contributed by atoms with Crippen molar-refractivity contribution in [3.63, 3.8) is 0 Å². The standard InChI is InChI=1S/C15H24N2/c1-4-5-10-15(16)17(3)14-9-7-6-8-13(2)11-12-14/h7-9,12,16H,4-6,10-11H2,1-3H3/b9-7?,13-8-,14-12+,16-15?. The van der Waals surface area contributed by atoms with Gasteiger partial charge in [0.1, 0.15) is 0 Å². The van der Waals surface area contributed by atoms with Crippen LogP contribution < -0.4 is 0 Å². The van der Waals surface area contributed by atoms with E-state index in [9.17, 15) is 0 Å². The van der Waals surface area contributed by atoms with Gasteiger partial charge < -0.3 is 4.90 Å². The van der Waals surface area contributed by atoms with Crippen LogP contribution in [0.25, 0.3) is 0 Å². The molecule has 94 valence electrons.